The molecule has 2 atom stereocenters. The summed E-state index contributed by atoms with van der Waals surface area (Å²) in [6, 6.07) is 2.07. The molecule has 1 heterocycles. The highest BCUT2D eigenvalue weighted by atomic mass is 15.1. The van der Waals surface area contributed by atoms with Gasteiger partial charge in [0.25, 0.3) is 0 Å². The maximum Gasteiger partial charge on any atom is 0.223 e. The molecule has 1 aliphatic carbocycles. The average molecular weight is 219 g/mol. The SMILES string of the molecule is Cc1cc(C(C)C)nc(NCC2CC2C)n1. The van der Waals surface area contributed by atoms with E-state index in [1.54, 1.807) is 0 Å². The van der Waals surface area contributed by atoms with E-state index in [0.29, 0.717) is 5.92 Å². The lowest BCUT2D eigenvalue weighted by Gasteiger charge is -2.09. The van der Waals surface area contributed by atoms with Gasteiger partial charge in [-0.3, -0.25) is 0 Å². The van der Waals surface area contributed by atoms with Gasteiger partial charge in [0.2, 0.25) is 5.95 Å². The van der Waals surface area contributed by atoms with Crippen molar-refractivity contribution < 1.29 is 0 Å². The molecule has 3 nitrogen and oxygen atoms in total. The number of aromatic nitrogens is 2. The fourth-order valence-corrected chi connectivity index (χ4v) is 1.87. The highest BCUT2D eigenvalue weighted by Gasteiger charge is 2.32. The lowest BCUT2D eigenvalue weighted by Crippen LogP contribution is -2.10. The molecule has 1 N–H and O–H groups in total. The molecule has 1 saturated carbocycles. The Morgan fingerprint density at radius 1 is 1.44 bits per heavy atom. The average Bonchev–Trinajstić information content (AvgIpc) is 2.91. The van der Waals surface area contributed by atoms with Crippen LogP contribution in [0, 0.1) is 18.8 Å². The summed E-state index contributed by atoms with van der Waals surface area (Å²) in [5.41, 5.74) is 2.17. The van der Waals surface area contributed by atoms with E-state index >= 15 is 0 Å². The van der Waals surface area contributed by atoms with Crippen molar-refractivity contribution in [3.63, 3.8) is 0 Å². The van der Waals surface area contributed by atoms with Gasteiger partial charge in [0.15, 0.2) is 0 Å². The van der Waals surface area contributed by atoms with Crippen LogP contribution in [-0.2, 0) is 0 Å². The summed E-state index contributed by atoms with van der Waals surface area (Å²) in [6.45, 7) is 9.66. The van der Waals surface area contributed by atoms with Crippen LogP contribution in [0.25, 0.3) is 0 Å². The maximum absolute atomic E-state index is 4.54. The van der Waals surface area contributed by atoms with Gasteiger partial charge in [0, 0.05) is 17.9 Å². The van der Waals surface area contributed by atoms with Crippen LogP contribution in [0.2, 0.25) is 0 Å². The summed E-state index contributed by atoms with van der Waals surface area (Å²) in [5, 5.41) is 3.35. The van der Waals surface area contributed by atoms with Gasteiger partial charge in [-0.25, -0.2) is 9.97 Å². The van der Waals surface area contributed by atoms with Crippen LogP contribution in [0.1, 0.15) is 44.5 Å². The first kappa shape index (κ1) is 11.4. The van der Waals surface area contributed by atoms with Gasteiger partial charge in [-0.05, 0) is 37.2 Å². The molecular weight excluding hydrogens is 198 g/mol. The van der Waals surface area contributed by atoms with Crippen LogP contribution in [0.4, 0.5) is 5.95 Å². The lowest BCUT2D eigenvalue weighted by molar-refractivity contribution is 0.769. The first-order valence-electron chi connectivity index (χ1n) is 6.15. The van der Waals surface area contributed by atoms with Gasteiger partial charge in [0.05, 0.1) is 0 Å². The van der Waals surface area contributed by atoms with Gasteiger partial charge >= 0.3 is 0 Å². The second-order valence-electron chi connectivity index (χ2n) is 5.27. The minimum atomic E-state index is 0.460. The number of hydrogen-bond acceptors (Lipinski definition) is 3. The highest BCUT2D eigenvalue weighted by molar-refractivity contribution is 5.29. The lowest BCUT2D eigenvalue weighted by atomic mass is 10.1. The zero-order chi connectivity index (χ0) is 11.7. The van der Waals surface area contributed by atoms with Gasteiger partial charge in [0.1, 0.15) is 0 Å². The number of nitrogens with zero attached hydrogens (tertiary/aromatic N) is 2. The highest BCUT2D eigenvalue weighted by Crippen LogP contribution is 2.37. The molecule has 0 bridgehead atoms. The molecule has 0 radical (unpaired) electrons. The van der Waals surface area contributed by atoms with E-state index in [9.17, 15) is 0 Å². The van der Waals surface area contributed by atoms with Gasteiger partial charge < -0.3 is 5.32 Å². The second-order valence-corrected chi connectivity index (χ2v) is 5.27. The Morgan fingerprint density at radius 2 is 2.12 bits per heavy atom. The van der Waals surface area contributed by atoms with Crippen LogP contribution in [0.15, 0.2) is 6.07 Å². The Hall–Kier alpha value is -1.12. The van der Waals surface area contributed by atoms with Crippen LogP contribution in [0.3, 0.4) is 0 Å². The Morgan fingerprint density at radius 3 is 2.69 bits per heavy atom. The van der Waals surface area contributed by atoms with Crippen molar-refractivity contribution in [1.82, 2.24) is 9.97 Å². The molecule has 0 aromatic carbocycles. The number of nitrogens with one attached hydrogen (secondary N) is 1. The minimum Gasteiger partial charge on any atom is -0.354 e. The number of hydrogen-bond donors (Lipinski definition) is 1. The van der Waals surface area contributed by atoms with Crippen LogP contribution in [0.5, 0.6) is 0 Å². The fourth-order valence-electron chi connectivity index (χ4n) is 1.87. The van der Waals surface area contributed by atoms with Crippen molar-refractivity contribution in [1.29, 1.82) is 0 Å². The van der Waals surface area contributed by atoms with E-state index in [2.05, 4.69) is 42.1 Å². The maximum atomic E-state index is 4.54. The Labute approximate surface area is 97.7 Å². The third-order valence-corrected chi connectivity index (χ3v) is 3.26. The van der Waals surface area contributed by atoms with Crippen molar-refractivity contribution in [2.45, 2.75) is 40.0 Å². The molecule has 16 heavy (non-hydrogen) atoms. The normalized spacial score (nSPS) is 23.6. The van der Waals surface area contributed by atoms with E-state index in [1.807, 2.05) is 6.92 Å². The molecule has 2 unspecified atom stereocenters. The number of anilines is 1. The molecule has 88 valence electrons. The predicted molar refractivity (Wildman–Crippen MR) is 66.6 cm³/mol. The zero-order valence-electron chi connectivity index (χ0n) is 10.6. The molecule has 0 amide bonds. The summed E-state index contributed by atoms with van der Waals surface area (Å²) >= 11 is 0. The molecular formula is C13H21N3. The van der Waals surface area contributed by atoms with E-state index in [1.165, 1.54) is 6.42 Å². The summed E-state index contributed by atoms with van der Waals surface area (Å²) in [7, 11) is 0. The van der Waals surface area contributed by atoms with Gasteiger partial charge in [-0.15, -0.1) is 0 Å². The quantitative estimate of drug-likeness (QED) is 0.846. The van der Waals surface area contributed by atoms with Crippen molar-refractivity contribution in [2.24, 2.45) is 11.8 Å². The molecule has 0 spiro atoms. The minimum absolute atomic E-state index is 0.460. The van der Waals surface area contributed by atoms with Crippen LogP contribution in [-0.4, -0.2) is 16.5 Å². The van der Waals surface area contributed by atoms with Crippen molar-refractivity contribution >= 4 is 5.95 Å². The smallest absolute Gasteiger partial charge is 0.223 e. The van der Waals surface area contributed by atoms with Crippen molar-refractivity contribution in [3.05, 3.63) is 17.5 Å². The topological polar surface area (TPSA) is 37.8 Å². The standard InChI is InChI=1S/C13H21N3/c1-8(2)12-6-10(4)15-13(16-12)14-7-11-5-9(11)3/h6,8-9,11H,5,7H2,1-4H3,(H,14,15,16). The molecule has 1 fully saturated rings. The summed E-state index contributed by atoms with van der Waals surface area (Å²) < 4.78 is 0. The largest absolute Gasteiger partial charge is 0.354 e. The van der Waals surface area contributed by atoms with Gasteiger partial charge in [-0.1, -0.05) is 20.8 Å². The first-order valence-corrected chi connectivity index (χ1v) is 6.15. The van der Waals surface area contributed by atoms with E-state index in [4.69, 9.17) is 0 Å². The molecule has 0 aliphatic heterocycles. The Balaban J connectivity index is 2.02. The number of aryl methyl sites for hydroxylation is 1. The van der Waals surface area contributed by atoms with Crippen LogP contribution >= 0.6 is 0 Å². The first-order chi connectivity index (χ1) is 7.56. The van der Waals surface area contributed by atoms with Crippen LogP contribution < -0.4 is 5.32 Å². The fraction of sp³-hybridized carbons (Fsp3) is 0.692. The van der Waals surface area contributed by atoms with E-state index in [-0.39, 0.29) is 0 Å². The predicted octanol–water partition coefficient (Wildman–Crippen LogP) is 2.98. The molecule has 1 aromatic heterocycles. The monoisotopic (exact) mass is 219 g/mol. The summed E-state index contributed by atoms with van der Waals surface area (Å²) in [6.07, 6.45) is 1.34. The van der Waals surface area contributed by atoms with Gasteiger partial charge in [-0.2, -0.15) is 0 Å². The summed E-state index contributed by atoms with van der Waals surface area (Å²) in [4.78, 5) is 8.95. The molecule has 1 aliphatic rings. The third kappa shape index (κ3) is 2.71. The Kier molecular flexibility index (Phi) is 3.13. The Bertz CT molecular complexity index is 373. The van der Waals surface area contributed by atoms with E-state index < -0.39 is 0 Å². The second kappa shape index (κ2) is 4.40. The van der Waals surface area contributed by atoms with Crippen molar-refractivity contribution in [2.75, 3.05) is 11.9 Å². The molecule has 3 heteroatoms. The number of rotatable bonds is 4. The van der Waals surface area contributed by atoms with Crippen molar-refractivity contribution in [3.8, 4) is 0 Å². The molecule has 1 aromatic rings. The zero-order valence-corrected chi connectivity index (χ0v) is 10.6. The molecule has 2 rings (SSSR count). The third-order valence-electron chi connectivity index (χ3n) is 3.26. The summed E-state index contributed by atoms with van der Waals surface area (Å²) in [5.74, 6) is 2.96. The molecule has 0 saturated heterocycles. The van der Waals surface area contributed by atoms with E-state index in [0.717, 1.165) is 35.7 Å².